The first-order valence-electron chi connectivity index (χ1n) is 6.63. The van der Waals surface area contributed by atoms with Crippen LogP contribution >= 0.6 is 0 Å². The Kier molecular flexibility index (Phi) is 3.43. The molecule has 0 saturated carbocycles. The minimum atomic E-state index is 0.413. The van der Waals surface area contributed by atoms with Crippen molar-refractivity contribution in [3.63, 3.8) is 0 Å². The number of hydrogen-bond acceptors (Lipinski definition) is 2. The lowest BCUT2D eigenvalue weighted by Crippen LogP contribution is -2.30. The van der Waals surface area contributed by atoms with E-state index in [0.717, 1.165) is 6.54 Å². The number of nitrogens with one attached hydrogen (secondary N) is 1. The van der Waals surface area contributed by atoms with Gasteiger partial charge in [0.1, 0.15) is 0 Å². The van der Waals surface area contributed by atoms with Gasteiger partial charge in [0.15, 0.2) is 0 Å². The van der Waals surface area contributed by atoms with Crippen molar-refractivity contribution in [1.82, 2.24) is 5.32 Å². The number of nitrogens with zero attached hydrogens (tertiary/aromatic N) is 1. The normalized spacial score (nSPS) is 20.8. The average Bonchev–Trinajstić information content (AvgIpc) is 2.66. The first-order chi connectivity index (χ1) is 8.06. The fraction of sp³-hybridized carbons (Fsp3) is 0.600. The van der Waals surface area contributed by atoms with Crippen molar-refractivity contribution in [2.75, 3.05) is 18.5 Å². The second-order valence-corrected chi connectivity index (χ2v) is 5.44. The molecule has 1 aliphatic rings. The molecule has 1 aromatic rings. The summed E-state index contributed by atoms with van der Waals surface area (Å²) in [5, 5.41) is 3.36. The van der Waals surface area contributed by atoms with Crippen LogP contribution in [-0.2, 0) is 0 Å². The Morgan fingerprint density at radius 1 is 1.29 bits per heavy atom. The molecule has 0 aliphatic carbocycles. The molecule has 0 aromatic heterocycles. The molecule has 1 aromatic carbocycles. The molecule has 2 heteroatoms. The summed E-state index contributed by atoms with van der Waals surface area (Å²) in [7, 11) is 2.03. The highest BCUT2D eigenvalue weighted by molar-refractivity contribution is 5.66. The van der Waals surface area contributed by atoms with Gasteiger partial charge in [0.2, 0.25) is 0 Å². The highest BCUT2D eigenvalue weighted by Gasteiger charge is 2.30. The van der Waals surface area contributed by atoms with Gasteiger partial charge in [-0.05, 0) is 38.9 Å². The minimum absolute atomic E-state index is 0.413. The molecule has 17 heavy (non-hydrogen) atoms. The lowest BCUT2D eigenvalue weighted by Gasteiger charge is -2.28. The molecule has 0 fully saturated rings. The van der Waals surface area contributed by atoms with E-state index in [-0.39, 0.29) is 0 Å². The molecule has 0 saturated heterocycles. The van der Waals surface area contributed by atoms with Gasteiger partial charge in [0, 0.05) is 30.2 Å². The Balaban J connectivity index is 2.51. The Bertz CT molecular complexity index is 398. The van der Waals surface area contributed by atoms with Crippen LogP contribution in [0.3, 0.4) is 0 Å². The molecule has 0 amide bonds. The largest absolute Gasteiger partial charge is 0.368 e. The van der Waals surface area contributed by atoms with Crippen LogP contribution in [0.15, 0.2) is 18.2 Å². The maximum Gasteiger partial charge on any atom is 0.0453 e. The van der Waals surface area contributed by atoms with E-state index >= 15 is 0 Å². The van der Waals surface area contributed by atoms with Crippen LogP contribution < -0.4 is 10.2 Å². The third-order valence-corrected chi connectivity index (χ3v) is 3.91. The molecule has 0 spiro atoms. The second-order valence-electron chi connectivity index (χ2n) is 5.44. The molecule has 2 rings (SSSR count). The third kappa shape index (κ3) is 2.06. The average molecular weight is 232 g/mol. The predicted molar refractivity (Wildman–Crippen MR) is 74.8 cm³/mol. The summed E-state index contributed by atoms with van der Waals surface area (Å²) in [6.07, 6.45) is 0. The molecule has 2 unspecified atom stereocenters. The van der Waals surface area contributed by atoms with Gasteiger partial charge in [0.25, 0.3) is 0 Å². The second kappa shape index (κ2) is 4.69. The van der Waals surface area contributed by atoms with Gasteiger partial charge < -0.3 is 10.2 Å². The minimum Gasteiger partial charge on any atom is -0.368 e. The number of para-hydroxylation sites is 1. The van der Waals surface area contributed by atoms with Gasteiger partial charge in [0.05, 0.1) is 0 Å². The van der Waals surface area contributed by atoms with Gasteiger partial charge in [-0.15, -0.1) is 0 Å². The van der Waals surface area contributed by atoms with Crippen LogP contribution in [0.5, 0.6) is 0 Å². The Morgan fingerprint density at radius 3 is 2.59 bits per heavy atom. The molecule has 1 N–H and O–H groups in total. The quantitative estimate of drug-likeness (QED) is 0.860. The summed E-state index contributed by atoms with van der Waals surface area (Å²) >= 11 is 0. The van der Waals surface area contributed by atoms with Crippen molar-refractivity contribution in [2.45, 2.75) is 45.7 Å². The van der Waals surface area contributed by atoms with Gasteiger partial charge in [-0.1, -0.05) is 25.1 Å². The smallest absolute Gasteiger partial charge is 0.0453 e. The molecule has 2 atom stereocenters. The number of hydrogen-bond donors (Lipinski definition) is 1. The summed E-state index contributed by atoms with van der Waals surface area (Å²) in [6, 6.07) is 7.73. The van der Waals surface area contributed by atoms with E-state index in [0.29, 0.717) is 18.0 Å². The van der Waals surface area contributed by atoms with Gasteiger partial charge in [-0.3, -0.25) is 0 Å². The highest BCUT2D eigenvalue weighted by atomic mass is 15.2. The molecule has 1 heterocycles. The fourth-order valence-electron chi connectivity index (χ4n) is 2.77. The summed E-state index contributed by atoms with van der Waals surface area (Å²) < 4.78 is 0. The topological polar surface area (TPSA) is 15.3 Å². The Labute approximate surface area is 105 Å². The summed E-state index contributed by atoms with van der Waals surface area (Å²) in [5.74, 6) is 0.649. The number of rotatable bonds is 3. The zero-order valence-electron chi connectivity index (χ0n) is 11.6. The standard InChI is InChI=1S/C15H24N2/c1-10(2)17-9-11(3)13-7-6-8-14(15(13)17)12(4)16-5/h6-8,10-12,16H,9H2,1-5H3. The highest BCUT2D eigenvalue weighted by Crippen LogP contribution is 2.41. The lowest BCUT2D eigenvalue weighted by molar-refractivity contribution is 0.637. The van der Waals surface area contributed by atoms with Crippen LogP contribution in [-0.4, -0.2) is 19.6 Å². The van der Waals surface area contributed by atoms with Crippen molar-refractivity contribution in [2.24, 2.45) is 0 Å². The fourth-order valence-corrected chi connectivity index (χ4v) is 2.77. The molecule has 0 radical (unpaired) electrons. The molecule has 94 valence electrons. The van der Waals surface area contributed by atoms with Crippen molar-refractivity contribution >= 4 is 5.69 Å². The van der Waals surface area contributed by atoms with E-state index in [9.17, 15) is 0 Å². The number of anilines is 1. The molecule has 1 aliphatic heterocycles. The van der Waals surface area contributed by atoms with Crippen molar-refractivity contribution in [3.8, 4) is 0 Å². The first kappa shape index (κ1) is 12.4. The van der Waals surface area contributed by atoms with Gasteiger partial charge in [-0.2, -0.15) is 0 Å². The predicted octanol–water partition coefficient (Wildman–Crippen LogP) is 3.30. The monoisotopic (exact) mass is 232 g/mol. The molecule has 0 bridgehead atoms. The van der Waals surface area contributed by atoms with Crippen molar-refractivity contribution in [1.29, 1.82) is 0 Å². The van der Waals surface area contributed by atoms with Gasteiger partial charge >= 0.3 is 0 Å². The van der Waals surface area contributed by atoms with E-state index in [4.69, 9.17) is 0 Å². The molecule has 2 nitrogen and oxygen atoms in total. The van der Waals surface area contributed by atoms with Gasteiger partial charge in [-0.25, -0.2) is 0 Å². The summed E-state index contributed by atoms with van der Waals surface area (Å²) in [6.45, 7) is 10.3. The first-order valence-corrected chi connectivity index (χ1v) is 6.63. The van der Waals surface area contributed by atoms with Crippen LogP contribution in [0.4, 0.5) is 5.69 Å². The Morgan fingerprint density at radius 2 is 2.00 bits per heavy atom. The van der Waals surface area contributed by atoms with Crippen LogP contribution in [0.25, 0.3) is 0 Å². The Hall–Kier alpha value is -1.02. The summed E-state index contributed by atoms with van der Waals surface area (Å²) in [4.78, 5) is 2.54. The molecular formula is C15H24N2. The van der Waals surface area contributed by atoms with Crippen LogP contribution in [0, 0.1) is 0 Å². The maximum atomic E-state index is 3.36. The SMILES string of the molecule is CNC(C)c1cccc2c1N(C(C)C)CC2C. The van der Waals surface area contributed by atoms with Crippen molar-refractivity contribution in [3.05, 3.63) is 29.3 Å². The van der Waals surface area contributed by atoms with Crippen LogP contribution in [0.1, 0.15) is 50.8 Å². The van der Waals surface area contributed by atoms with E-state index in [1.807, 2.05) is 7.05 Å². The van der Waals surface area contributed by atoms with E-state index in [1.165, 1.54) is 16.8 Å². The third-order valence-electron chi connectivity index (χ3n) is 3.91. The maximum absolute atomic E-state index is 3.36. The zero-order valence-corrected chi connectivity index (χ0v) is 11.6. The lowest BCUT2D eigenvalue weighted by atomic mass is 9.97. The van der Waals surface area contributed by atoms with E-state index in [1.54, 1.807) is 0 Å². The number of fused-ring (bicyclic) bond motifs is 1. The van der Waals surface area contributed by atoms with E-state index < -0.39 is 0 Å². The van der Waals surface area contributed by atoms with Crippen molar-refractivity contribution < 1.29 is 0 Å². The van der Waals surface area contributed by atoms with E-state index in [2.05, 4.69) is 56.1 Å². The van der Waals surface area contributed by atoms with Crippen LogP contribution in [0.2, 0.25) is 0 Å². The number of benzene rings is 1. The zero-order chi connectivity index (χ0) is 12.6. The summed E-state index contributed by atoms with van der Waals surface area (Å²) in [5.41, 5.74) is 4.42. The molecular weight excluding hydrogens is 208 g/mol.